The zero-order chi connectivity index (χ0) is 13.6. The van der Waals surface area contributed by atoms with Gasteiger partial charge in [0.1, 0.15) is 5.15 Å². The van der Waals surface area contributed by atoms with Crippen molar-refractivity contribution in [1.82, 2.24) is 19.7 Å². The molecule has 3 rings (SSSR count). The highest BCUT2D eigenvalue weighted by Gasteiger charge is 2.13. The molecule has 0 amide bonds. The van der Waals surface area contributed by atoms with Gasteiger partial charge in [-0.05, 0) is 42.6 Å². The molecule has 6 heteroatoms. The smallest absolute Gasteiger partial charge is 0.214 e. The normalized spacial score (nSPS) is 11.2. The monoisotopic (exact) mass is 292 g/mol. The molecule has 2 heterocycles. The van der Waals surface area contributed by atoms with Gasteiger partial charge >= 0.3 is 0 Å². The number of hydrogen-bond donors (Lipinski definition) is 0. The Bertz CT molecular complexity index is 780. The number of halogens is 2. The topological polar surface area (TPSA) is 43.6 Å². The zero-order valence-electron chi connectivity index (χ0n) is 10.4. The molecule has 1 aromatic carbocycles. The summed E-state index contributed by atoms with van der Waals surface area (Å²) in [5, 5.41) is 5.45. The van der Waals surface area contributed by atoms with E-state index in [1.807, 2.05) is 26.0 Å². The maximum Gasteiger partial charge on any atom is 0.225 e. The van der Waals surface area contributed by atoms with E-state index in [4.69, 9.17) is 23.2 Å². The van der Waals surface area contributed by atoms with E-state index in [1.54, 1.807) is 10.9 Å². The summed E-state index contributed by atoms with van der Waals surface area (Å²) in [5.74, 6) is 0. The van der Waals surface area contributed by atoms with Crippen molar-refractivity contribution in [2.45, 2.75) is 13.8 Å². The molecule has 0 radical (unpaired) electrons. The Morgan fingerprint density at radius 3 is 2.68 bits per heavy atom. The van der Waals surface area contributed by atoms with Crippen molar-refractivity contribution >= 4 is 34.2 Å². The summed E-state index contributed by atoms with van der Waals surface area (Å²) >= 11 is 11.9. The molecule has 0 spiro atoms. The van der Waals surface area contributed by atoms with Gasteiger partial charge in [0.15, 0.2) is 5.65 Å². The second-order valence-electron chi connectivity index (χ2n) is 4.37. The maximum absolute atomic E-state index is 6.05. The van der Waals surface area contributed by atoms with Crippen LogP contribution >= 0.6 is 23.2 Å². The molecular formula is C13H10Cl2N4. The maximum atomic E-state index is 6.05. The zero-order valence-corrected chi connectivity index (χ0v) is 11.9. The second-order valence-corrected chi connectivity index (χ2v) is 5.06. The average molecular weight is 293 g/mol. The first-order chi connectivity index (χ1) is 9.06. The predicted octanol–water partition coefficient (Wildman–Crippen LogP) is 3.74. The van der Waals surface area contributed by atoms with E-state index in [0.717, 1.165) is 16.8 Å². The first-order valence-electron chi connectivity index (χ1n) is 5.70. The Morgan fingerprint density at radius 2 is 1.89 bits per heavy atom. The van der Waals surface area contributed by atoms with Crippen LogP contribution in [-0.4, -0.2) is 19.7 Å². The Labute approximate surface area is 120 Å². The van der Waals surface area contributed by atoms with E-state index in [2.05, 4.69) is 21.1 Å². The third kappa shape index (κ3) is 2.07. The van der Waals surface area contributed by atoms with Crippen molar-refractivity contribution in [3.05, 3.63) is 46.0 Å². The number of nitrogens with zero attached hydrogens (tertiary/aromatic N) is 4. The highest BCUT2D eigenvalue weighted by atomic mass is 35.5. The standard InChI is InChI=1S/C13H10Cl2N4/c1-7-3-4-8(2)10(5-7)19-12-9(6-16-19)11(14)17-13(15)18-12/h3-6H,1-2H3. The largest absolute Gasteiger partial charge is 0.225 e. The molecule has 0 aliphatic rings. The van der Waals surface area contributed by atoms with Crippen molar-refractivity contribution in [2.24, 2.45) is 0 Å². The number of fused-ring (bicyclic) bond motifs is 1. The molecule has 0 atom stereocenters. The first-order valence-corrected chi connectivity index (χ1v) is 6.46. The molecule has 3 aromatic rings. The van der Waals surface area contributed by atoms with Crippen LogP contribution in [0.15, 0.2) is 24.4 Å². The summed E-state index contributed by atoms with van der Waals surface area (Å²) in [4.78, 5) is 8.13. The molecule has 0 saturated carbocycles. The SMILES string of the molecule is Cc1ccc(C)c(-n2ncc3c(Cl)nc(Cl)nc32)c1. The summed E-state index contributed by atoms with van der Waals surface area (Å²) < 4.78 is 1.73. The molecular weight excluding hydrogens is 283 g/mol. The van der Waals surface area contributed by atoms with Crippen LogP contribution in [0, 0.1) is 13.8 Å². The van der Waals surface area contributed by atoms with E-state index in [9.17, 15) is 0 Å². The van der Waals surface area contributed by atoms with Crippen LogP contribution in [0.3, 0.4) is 0 Å². The molecule has 96 valence electrons. The predicted molar refractivity (Wildman–Crippen MR) is 76.2 cm³/mol. The van der Waals surface area contributed by atoms with Crippen LogP contribution < -0.4 is 0 Å². The van der Waals surface area contributed by atoms with Crippen LogP contribution in [0.25, 0.3) is 16.7 Å². The van der Waals surface area contributed by atoms with Crippen LogP contribution in [0.4, 0.5) is 0 Å². The van der Waals surface area contributed by atoms with E-state index in [0.29, 0.717) is 16.2 Å². The molecule has 0 aliphatic heterocycles. The van der Waals surface area contributed by atoms with Crippen LogP contribution in [0.5, 0.6) is 0 Å². The highest BCUT2D eigenvalue weighted by Crippen LogP contribution is 2.25. The fraction of sp³-hybridized carbons (Fsp3) is 0.154. The van der Waals surface area contributed by atoms with Crippen LogP contribution in [0.1, 0.15) is 11.1 Å². The van der Waals surface area contributed by atoms with Gasteiger partial charge in [0, 0.05) is 0 Å². The van der Waals surface area contributed by atoms with Gasteiger partial charge in [0.25, 0.3) is 0 Å². The van der Waals surface area contributed by atoms with Gasteiger partial charge < -0.3 is 0 Å². The summed E-state index contributed by atoms with van der Waals surface area (Å²) in [6.45, 7) is 4.05. The van der Waals surface area contributed by atoms with E-state index in [1.165, 1.54) is 0 Å². The van der Waals surface area contributed by atoms with Gasteiger partial charge in [-0.2, -0.15) is 10.1 Å². The van der Waals surface area contributed by atoms with Gasteiger partial charge in [0.05, 0.1) is 17.3 Å². The summed E-state index contributed by atoms with van der Waals surface area (Å²) in [6, 6.07) is 6.15. The second kappa shape index (κ2) is 4.47. The molecule has 2 aromatic heterocycles. The molecule has 19 heavy (non-hydrogen) atoms. The Hall–Kier alpha value is -1.65. The lowest BCUT2D eigenvalue weighted by molar-refractivity contribution is 0.886. The summed E-state index contributed by atoms with van der Waals surface area (Å²) in [5.41, 5.74) is 3.82. The number of rotatable bonds is 1. The molecule has 0 unspecified atom stereocenters. The fourth-order valence-corrected chi connectivity index (χ4v) is 2.39. The fourth-order valence-electron chi connectivity index (χ4n) is 1.97. The van der Waals surface area contributed by atoms with E-state index >= 15 is 0 Å². The molecule has 0 fully saturated rings. The molecule has 0 saturated heterocycles. The lowest BCUT2D eigenvalue weighted by Gasteiger charge is -2.08. The van der Waals surface area contributed by atoms with E-state index < -0.39 is 0 Å². The van der Waals surface area contributed by atoms with Gasteiger partial charge in [-0.25, -0.2) is 9.67 Å². The van der Waals surface area contributed by atoms with Crippen molar-refractivity contribution in [3.63, 3.8) is 0 Å². The lowest BCUT2D eigenvalue weighted by atomic mass is 10.1. The number of aromatic nitrogens is 4. The van der Waals surface area contributed by atoms with Gasteiger partial charge in [-0.3, -0.25) is 0 Å². The Morgan fingerprint density at radius 1 is 1.11 bits per heavy atom. The van der Waals surface area contributed by atoms with E-state index in [-0.39, 0.29) is 5.28 Å². The Kier molecular flexibility index (Phi) is 2.92. The van der Waals surface area contributed by atoms with Crippen molar-refractivity contribution in [3.8, 4) is 5.69 Å². The minimum atomic E-state index is 0.115. The molecule has 4 nitrogen and oxygen atoms in total. The van der Waals surface area contributed by atoms with Crippen molar-refractivity contribution in [1.29, 1.82) is 0 Å². The third-order valence-electron chi connectivity index (χ3n) is 2.95. The van der Waals surface area contributed by atoms with Gasteiger partial charge in [0.2, 0.25) is 5.28 Å². The van der Waals surface area contributed by atoms with Crippen LogP contribution in [-0.2, 0) is 0 Å². The van der Waals surface area contributed by atoms with Crippen molar-refractivity contribution in [2.75, 3.05) is 0 Å². The van der Waals surface area contributed by atoms with Crippen LogP contribution in [0.2, 0.25) is 10.4 Å². The van der Waals surface area contributed by atoms with Crippen molar-refractivity contribution < 1.29 is 0 Å². The minimum Gasteiger partial charge on any atom is -0.214 e. The number of hydrogen-bond acceptors (Lipinski definition) is 3. The first kappa shape index (κ1) is 12.4. The number of benzene rings is 1. The molecule has 0 aliphatic carbocycles. The molecule has 0 bridgehead atoms. The third-order valence-corrected chi connectivity index (χ3v) is 3.40. The van der Waals surface area contributed by atoms with Gasteiger partial charge in [-0.1, -0.05) is 23.7 Å². The quantitative estimate of drug-likeness (QED) is 0.507. The summed E-state index contributed by atoms with van der Waals surface area (Å²) in [7, 11) is 0. The Balaban J connectivity index is 2.34. The average Bonchev–Trinajstić information content (AvgIpc) is 2.76. The highest BCUT2D eigenvalue weighted by molar-refractivity contribution is 6.35. The van der Waals surface area contributed by atoms with Gasteiger partial charge in [-0.15, -0.1) is 0 Å². The minimum absolute atomic E-state index is 0.115. The number of aryl methyl sites for hydroxylation is 2. The lowest BCUT2D eigenvalue weighted by Crippen LogP contribution is -2.01. The summed E-state index contributed by atoms with van der Waals surface area (Å²) in [6.07, 6.45) is 1.65. The molecule has 0 N–H and O–H groups in total.